The Morgan fingerprint density at radius 1 is 0.892 bits per heavy atom. The van der Waals surface area contributed by atoms with Gasteiger partial charge in [-0.25, -0.2) is 0 Å². The Kier molecular flexibility index (Phi) is 6.25. The normalized spacial score (nSPS) is 36.5. The molecule has 2 aromatic rings. The van der Waals surface area contributed by atoms with E-state index in [0.29, 0.717) is 24.8 Å². The molecule has 3 heterocycles. The van der Waals surface area contributed by atoms with E-state index >= 15 is 0 Å². The molecule has 7 nitrogen and oxygen atoms in total. The zero-order valence-corrected chi connectivity index (χ0v) is 22.3. The highest BCUT2D eigenvalue weighted by Crippen LogP contribution is 2.53. The fourth-order valence-electron chi connectivity index (χ4n) is 8.42. The quantitative estimate of drug-likeness (QED) is 0.605. The number of benzene rings is 1. The fraction of sp³-hybridized carbons (Fsp3) is 0.690. The van der Waals surface area contributed by atoms with Crippen LogP contribution in [0, 0.1) is 35.5 Å². The summed E-state index contributed by atoms with van der Waals surface area (Å²) >= 11 is 1.59. The predicted octanol–water partition coefficient (Wildman–Crippen LogP) is 3.62. The van der Waals surface area contributed by atoms with E-state index in [1.165, 1.54) is 29.3 Å². The largest absolute Gasteiger partial charge is 0.393 e. The van der Waals surface area contributed by atoms with E-state index < -0.39 is 6.10 Å². The van der Waals surface area contributed by atoms with Gasteiger partial charge in [0.1, 0.15) is 5.82 Å². The summed E-state index contributed by atoms with van der Waals surface area (Å²) in [6, 6.07) is 8.50. The molecule has 4 aliphatic carbocycles. The van der Waals surface area contributed by atoms with E-state index in [2.05, 4.69) is 34.1 Å². The van der Waals surface area contributed by atoms with Crippen LogP contribution < -0.4 is 4.90 Å². The van der Waals surface area contributed by atoms with Crippen molar-refractivity contribution in [3.63, 3.8) is 0 Å². The van der Waals surface area contributed by atoms with Gasteiger partial charge in [-0.15, -0.1) is 0 Å². The number of hydrogen-bond donors (Lipinski definition) is 1. The molecule has 8 rings (SSSR count). The van der Waals surface area contributed by atoms with Crippen LogP contribution >= 0.6 is 11.5 Å². The molecule has 8 heteroatoms. The number of hydrogen-bond acceptors (Lipinski definition) is 7. The molecule has 198 valence electrons. The molecule has 2 bridgehead atoms. The molecule has 5 unspecified atom stereocenters. The summed E-state index contributed by atoms with van der Waals surface area (Å²) in [5, 5.41) is 11.8. The molecule has 1 aromatic carbocycles. The average molecular weight is 523 g/mol. The first-order valence-corrected chi connectivity index (χ1v) is 15.2. The predicted molar refractivity (Wildman–Crippen MR) is 144 cm³/mol. The zero-order valence-electron chi connectivity index (χ0n) is 21.5. The molecule has 4 saturated carbocycles. The summed E-state index contributed by atoms with van der Waals surface area (Å²) in [4.78, 5) is 33.6. The second-order valence-electron chi connectivity index (χ2n) is 12.2. The van der Waals surface area contributed by atoms with Gasteiger partial charge in [0, 0.05) is 44.7 Å². The topological polar surface area (TPSA) is 77.0 Å². The van der Waals surface area contributed by atoms with Gasteiger partial charge in [-0.2, -0.15) is 4.37 Å². The molecule has 1 N–H and O–H groups in total. The first kappa shape index (κ1) is 24.0. The smallest absolute Gasteiger partial charge is 0.233 e. The number of anilines is 1. The van der Waals surface area contributed by atoms with E-state index in [0.717, 1.165) is 57.8 Å². The Balaban J connectivity index is 0.995. The van der Waals surface area contributed by atoms with Crippen molar-refractivity contribution in [3.05, 3.63) is 24.3 Å². The van der Waals surface area contributed by atoms with E-state index in [1.807, 2.05) is 0 Å². The van der Waals surface area contributed by atoms with Crippen molar-refractivity contribution >= 4 is 39.3 Å². The number of carbonyl (C=O) groups is 2. The maximum absolute atomic E-state index is 13.5. The Hall–Kier alpha value is -2.03. The van der Waals surface area contributed by atoms with Crippen molar-refractivity contribution in [2.75, 3.05) is 44.2 Å². The first-order valence-electron chi connectivity index (χ1n) is 14.4. The van der Waals surface area contributed by atoms with Crippen molar-refractivity contribution < 1.29 is 14.7 Å². The summed E-state index contributed by atoms with van der Waals surface area (Å²) < 4.78 is 6.01. The van der Waals surface area contributed by atoms with Crippen LogP contribution in [0.2, 0.25) is 0 Å². The number of likely N-dealkylation sites (tertiary alicyclic amines) is 1. The van der Waals surface area contributed by atoms with Gasteiger partial charge in [-0.05, 0) is 79.4 Å². The van der Waals surface area contributed by atoms with Gasteiger partial charge in [-0.1, -0.05) is 25.0 Å². The van der Waals surface area contributed by atoms with Gasteiger partial charge >= 0.3 is 0 Å². The Bertz CT molecular complexity index is 1180. The van der Waals surface area contributed by atoms with Crippen LogP contribution in [-0.2, 0) is 9.59 Å². The molecule has 0 spiro atoms. The standard InChI is InChI=1S/C29H38N4O3S/c34-23-15-18-9-10-21(23)26-25(18)28(35)33(29(26)36)17-20-6-2-1-5-19(20)16-31-11-13-32(14-12-31)27-22-7-3-4-8-24(22)37-30-27/h3-4,7-8,18-21,23,25-26,34H,1-2,5-6,9-17H2/t18-,19?,20?,21+,23?,25?,26?/m1/s1. The van der Waals surface area contributed by atoms with Crippen LogP contribution in [0.5, 0.6) is 0 Å². The van der Waals surface area contributed by atoms with E-state index in [4.69, 9.17) is 4.37 Å². The van der Waals surface area contributed by atoms with Gasteiger partial charge in [0.15, 0.2) is 0 Å². The number of aromatic nitrogens is 1. The maximum atomic E-state index is 13.5. The lowest BCUT2D eigenvalue weighted by Crippen LogP contribution is -2.49. The van der Waals surface area contributed by atoms with Gasteiger partial charge in [-0.3, -0.25) is 19.4 Å². The molecule has 2 amide bonds. The highest BCUT2D eigenvalue weighted by atomic mass is 32.1. The van der Waals surface area contributed by atoms with Crippen molar-refractivity contribution in [3.8, 4) is 0 Å². The van der Waals surface area contributed by atoms with E-state index in [1.54, 1.807) is 16.4 Å². The molecule has 1 aromatic heterocycles. The second-order valence-corrected chi connectivity index (χ2v) is 13.0. The molecule has 37 heavy (non-hydrogen) atoms. The molecule has 7 atom stereocenters. The number of fused-ring (bicyclic) bond motifs is 3. The molecule has 0 radical (unpaired) electrons. The third kappa shape index (κ3) is 4.10. The molecule has 6 aliphatic rings. The summed E-state index contributed by atoms with van der Waals surface area (Å²) in [5.41, 5.74) is 0. The molecule has 2 saturated heterocycles. The third-order valence-corrected chi connectivity index (χ3v) is 11.2. The van der Waals surface area contributed by atoms with Crippen molar-refractivity contribution in [1.29, 1.82) is 0 Å². The Morgan fingerprint density at radius 2 is 1.62 bits per heavy atom. The zero-order chi connectivity index (χ0) is 25.1. The number of piperazine rings is 1. The number of imide groups is 1. The van der Waals surface area contributed by atoms with Gasteiger partial charge in [0.25, 0.3) is 0 Å². The third-order valence-electron chi connectivity index (χ3n) is 10.4. The Labute approximate surface area is 223 Å². The second kappa shape index (κ2) is 9.62. The minimum atomic E-state index is -0.403. The summed E-state index contributed by atoms with van der Waals surface area (Å²) in [5.74, 6) is 1.92. The maximum Gasteiger partial charge on any atom is 0.233 e. The number of aliphatic hydroxyl groups is 1. The summed E-state index contributed by atoms with van der Waals surface area (Å²) in [6.07, 6.45) is 6.92. The van der Waals surface area contributed by atoms with Crippen LogP contribution in [0.25, 0.3) is 10.1 Å². The van der Waals surface area contributed by atoms with Crippen LogP contribution in [-0.4, -0.2) is 76.5 Å². The van der Waals surface area contributed by atoms with Crippen molar-refractivity contribution in [2.24, 2.45) is 35.5 Å². The van der Waals surface area contributed by atoms with Gasteiger partial charge in [0.2, 0.25) is 11.8 Å². The molecular formula is C29H38N4O3S. The summed E-state index contributed by atoms with van der Waals surface area (Å²) in [7, 11) is 0. The lowest BCUT2D eigenvalue weighted by atomic mass is 9.58. The first-order chi connectivity index (χ1) is 18.1. The summed E-state index contributed by atoms with van der Waals surface area (Å²) in [6.45, 7) is 5.69. The van der Waals surface area contributed by atoms with Gasteiger partial charge < -0.3 is 10.0 Å². The minimum absolute atomic E-state index is 0.00950. The highest BCUT2D eigenvalue weighted by molar-refractivity contribution is 7.13. The van der Waals surface area contributed by atoms with E-state index in [-0.39, 0.29) is 35.5 Å². The van der Waals surface area contributed by atoms with Crippen LogP contribution in [0.3, 0.4) is 0 Å². The van der Waals surface area contributed by atoms with Crippen LogP contribution in [0.15, 0.2) is 24.3 Å². The Morgan fingerprint density at radius 3 is 2.41 bits per heavy atom. The molecule has 2 aliphatic heterocycles. The van der Waals surface area contributed by atoms with Gasteiger partial charge in [0.05, 0.1) is 22.6 Å². The van der Waals surface area contributed by atoms with Crippen LogP contribution in [0.1, 0.15) is 44.9 Å². The number of amides is 2. The lowest BCUT2D eigenvalue weighted by Gasteiger charge is -2.45. The number of nitrogens with zero attached hydrogens (tertiary/aromatic N) is 4. The number of rotatable bonds is 5. The molecule has 6 fully saturated rings. The fourth-order valence-corrected chi connectivity index (χ4v) is 9.22. The molecular weight excluding hydrogens is 484 g/mol. The monoisotopic (exact) mass is 522 g/mol. The SMILES string of the molecule is O=C1C2C(C(=O)N1CC1CCCCC1CN1CCN(c3nsc4ccccc34)CC1)[C@H]1CC[C@@H]2CC1O. The lowest BCUT2D eigenvalue weighted by molar-refractivity contribution is -0.141. The minimum Gasteiger partial charge on any atom is -0.393 e. The van der Waals surface area contributed by atoms with Crippen molar-refractivity contribution in [1.82, 2.24) is 14.2 Å². The van der Waals surface area contributed by atoms with E-state index in [9.17, 15) is 14.7 Å². The average Bonchev–Trinajstić information content (AvgIpc) is 3.46. The number of carbonyl (C=O) groups excluding carboxylic acids is 2. The van der Waals surface area contributed by atoms with Crippen LogP contribution in [0.4, 0.5) is 5.82 Å². The number of aliphatic hydroxyl groups excluding tert-OH is 1. The van der Waals surface area contributed by atoms with Crippen molar-refractivity contribution in [2.45, 2.75) is 51.0 Å². The highest BCUT2D eigenvalue weighted by Gasteiger charge is 2.60.